The van der Waals surface area contributed by atoms with Crippen molar-refractivity contribution < 1.29 is 19.1 Å². The first kappa shape index (κ1) is 21.8. The van der Waals surface area contributed by atoms with Gasteiger partial charge in [0.2, 0.25) is 0 Å². The van der Waals surface area contributed by atoms with Crippen LogP contribution < -0.4 is 20.7 Å². The fraction of sp³-hybridized carbons (Fsp3) is 0.440. The maximum absolute atomic E-state index is 12.8. The topological polar surface area (TPSA) is 134 Å². The van der Waals surface area contributed by atoms with Gasteiger partial charge in [-0.1, -0.05) is 12.1 Å². The first-order chi connectivity index (χ1) is 16.9. The molecule has 0 saturated carbocycles. The SMILES string of the molecule is N#Cc1cccc2c1CC(CN1CCC3(CC1)CN(c1ccc4c(n1)NC(=O)CO4)C(=O)O3)C2N. The van der Waals surface area contributed by atoms with E-state index in [1.165, 1.54) is 4.90 Å². The molecule has 1 aromatic heterocycles. The molecule has 1 aliphatic carbocycles. The molecule has 1 aromatic carbocycles. The molecule has 3 N–H and O–H groups in total. The van der Waals surface area contributed by atoms with Gasteiger partial charge in [0.25, 0.3) is 5.91 Å². The van der Waals surface area contributed by atoms with Gasteiger partial charge in [0.05, 0.1) is 18.2 Å². The number of ether oxygens (including phenoxy) is 2. The molecular weight excluding hydrogens is 448 g/mol. The van der Waals surface area contributed by atoms with E-state index in [4.69, 9.17) is 15.2 Å². The highest BCUT2D eigenvalue weighted by Crippen LogP contribution is 2.40. The van der Waals surface area contributed by atoms with Crippen LogP contribution in [0.5, 0.6) is 5.75 Å². The number of rotatable bonds is 3. The predicted molar refractivity (Wildman–Crippen MR) is 126 cm³/mol. The van der Waals surface area contributed by atoms with Gasteiger partial charge in [-0.15, -0.1) is 0 Å². The number of carbonyl (C=O) groups excluding carboxylic acids is 2. The van der Waals surface area contributed by atoms with Crippen molar-refractivity contribution in [3.05, 3.63) is 47.0 Å². The van der Waals surface area contributed by atoms with Gasteiger partial charge in [-0.05, 0) is 41.7 Å². The number of piperidine rings is 1. The number of aromatic nitrogens is 1. The fourth-order valence-corrected chi connectivity index (χ4v) is 5.71. The van der Waals surface area contributed by atoms with Gasteiger partial charge in [0, 0.05) is 38.5 Å². The minimum atomic E-state index is -0.556. The Kier molecular flexibility index (Phi) is 5.12. The number of nitriles is 1. The fourth-order valence-electron chi connectivity index (χ4n) is 5.71. The van der Waals surface area contributed by atoms with Gasteiger partial charge in [-0.3, -0.25) is 9.69 Å². The zero-order valence-corrected chi connectivity index (χ0v) is 19.2. The Morgan fingerprint density at radius 3 is 2.86 bits per heavy atom. The number of carbonyl (C=O) groups is 2. The number of amides is 2. The molecule has 2 fully saturated rings. The molecule has 4 aliphatic rings. The average molecular weight is 475 g/mol. The number of hydrogen-bond acceptors (Lipinski definition) is 8. The number of nitrogens with two attached hydrogens (primary N) is 1. The largest absolute Gasteiger partial charge is 0.480 e. The molecule has 2 saturated heterocycles. The van der Waals surface area contributed by atoms with Crippen LogP contribution in [0.3, 0.4) is 0 Å². The third-order valence-corrected chi connectivity index (χ3v) is 7.63. The summed E-state index contributed by atoms with van der Waals surface area (Å²) in [5.74, 6) is 1.22. The minimum absolute atomic E-state index is 0.0449. The molecule has 180 valence electrons. The molecule has 4 heterocycles. The van der Waals surface area contributed by atoms with E-state index >= 15 is 0 Å². The Morgan fingerprint density at radius 2 is 2.06 bits per heavy atom. The Labute approximate surface area is 202 Å². The molecule has 1 spiro atoms. The first-order valence-electron chi connectivity index (χ1n) is 11.9. The summed E-state index contributed by atoms with van der Waals surface area (Å²) in [5.41, 5.74) is 8.88. The second-order valence-electron chi connectivity index (χ2n) is 9.77. The van der Waals surface area contributed by atoms with E-state index in [1.807, 2.05) is 18.2 Å². The molecule has 2 atom stereocenters. The average Bonchev–Trinajstić information content (AvgIpc) is 3.36. The highest BCUT2D eigenvalue weighted by atomic mass is 16.6. The van der Waals surface area contributed by atoms with E-state index in [2.05, 4.69) is 21.3 Å². The van der Waals surface area contributed by atoms with Crippen molar-refractivity contribution in [2.45, 2.75) is 30.9 Å². The van der Waals surface area contributed by atoms with Crippen molar-refractivity contribution in [3.8, 4) is 11.8 Å². The number of nitrogens with one attached hydrogen (secondary N) is 1. The summed E-state index contributed by atoms with van der Waals surface area (Å²) < 4.78 is 11.2. The van der Waals surface area contributed by atoms with Crippen LogP contribution in [0.2, 0.25) is 0 Å². The lowest BCUT2D eigenvalue weighted by molar-refractivity contribution is -0.118. The normalized spacial score (nSPS) is 24.9. The lowest BCUT2D eigenvalue weighted by Crippen LogP contribution is -2.48. The van der Waals surface area contributed by atoms with Crippen molar-refractivity contribution in [3.63, 3.8) is 0 Å². The highest BCUT2D eigenvalue weighted by Gasteiger charge is 2.48. The Balaban J connectivity index is 1.10. The number of hydrogen-bond donors (Lipinski definition) is 2. The summed E-state index contributed by atoms with van der Waals surface area (Å²) in [5, 5.41) is 12.1. The zero-order valence-electron chi connectivity index (χ0n) is 19.2. The van der Waals surface area contributed by atoms with Crippen LogP contribution in [0.4, 0.5) is 16.4 Å². The minimum Gasteiger partial charge on any atom is -0.480 e. The van der Waals surface area contributed by atoms with Crippen molar-refractivity contribution in [1.82, 2.24) is 9.88 Å². The van der Waals surface area contributed by atoms with Crippen LogP contribution in [-0.2, 0) is 16.0 Å². The molecule has 10 heteroatoms. The Morgan fingerprint density at radius 1 is 1.23 bits per heavy atom. The van der Waals surface area contributed by atoms with Gasteiger partial charge < -0.3 is 25.4 Å². The van der Waals surface area contributed by atoms with Crippen LogP contribution in [0.1, 0.15) is 35.6 Å². The second-order valence-corrected chi connectivity index (χ2v) is 9.77. The summed E-state index contributed by atoms with van der Waals surface area (Å²) in [6.45, 7) is 2.82. The number of fused-ring (bicyclic) bond motifs is 2. The maximum atomic E-state index is 12.8. The van der Waals surface area contributed by atoms with Gasteiger partial charge in [0.15, 0.2) is 18.2 Å². The molecule has 0 bridgehead atoms. The molecule has 2 amide bonds. The van der Waals surface area contributed by atoms with Gasteiger partial charge in [-0.2, -0.15) is 5.26 Å². The lowest BCUT2D eigenvalue weighted by atomic mass is 9.90. The van der Waals surface area contributed by atoms with Crippen LogP contribution in [0, 0.1) is 17.2 Å². The van der Waals surface area contributed by atoms with Crippen LogP contribution in [0.15, 0.2) is 30.3 Å². The monoisotopic (exact) mass is 474 g/mol. The van der Waals surface area contributed by atoms with Crippen LogP contribution in [0.25, 0.3) is 0 Å². The molecule has 2 unspecified atom stereocenters. The van der Waals surface area contributed by atoms with E-state index in [1.54, 1.807) is 12.1 Å². The summed E-state index contributed by atoms with van der Waals surface area (Å²) >= 11 is 0. The van der Waals surface area contributed by atoms with E-state index in [0.29, 0.717) is 23.9 Å². The Bertz CT molecular complexity index is 1250. The number of nitrogens with zero attached hydrogens (tertiary/aromatic N) is 4. The van der Waals surface area contributed by atoms with E-state index in [0.717, 1.165) is 55.6 Å². The van der Waals surface area contributed by atoms with Crippen molar-refractivity contribution in [1.29, 1.82) is 5.26 Å². The third kappa shape index (κ3) is 3.77. The molecule has 0 radical (unpaired) electrons. The molecular formula is C25H26N6O4. The maximum Gasteiger partial charge on any atom is 0.416 e. The van der Waals surface area contributed by atoms with Gasteiger partial charge in [-0.25, -0.2) is 9.78 Å². The van der Waals surface area contributed by atoms with Gasteiger partial charge >= 0.3 is 6.09 Å². The van der Waals surface area contributed by atoms with E-state index < -0.39 is 11.7 Å². The summed E-state index contributed by atoms with van der Waals surface area (Å²) in [7, 11) is 0. The first-order valence-corrected chi connectivity index (χ1v) is 11.9. The van der Waals surface area contributed by atoms with Crippen molar-refractivity contribution in [2.24, 2.45) is 11.7 Å². The van der Waals surface area contributed by atoms with Crippen LogP contribution >= 0.6 is 0 Å². The molecule has 2 aromatic rings. The number of benzene rings is 1. The summed E-state index contributed by atoms with van der Waals surface area (Å²) in [6, 6.07) is 11.4. The van der Waals surface area contributed by atoms with Crippen LogP contribution in [-0.4, -0.2) is 60.3 Å². The van der Waals surface area contributed by atoms with Crippen molar-refractivity contribution >= 4 is 23.6 Å². The lowest BCUT2D eigenvalue weighted by Gasteiger charge is -2.38. The third-order valence-electron chi connectivity index (χ3n) is 7.63. The Hall–Kier alpha value is -3.68. The second kappa shape index (κ2) is 8.22. The smallest absolute Gasteiger partial charge is 0.416 e. The summed E-state index contributed by atoms with van der Waals surface area (Å²) in [4.78, 5) is 32.7. The van der Waals surface area contributed by atoms with E-state index in [9.17, 15) is 14.9 Å². The predicted octanol–water partition coefficient (Wildman–Crippen LogP) is 1.95. The molecule has 35 heavy (non-hydrogen) atoms. The molecule has 10 nitrogen and oxygen atoms in total. The quantitative estimate of drug-likeness (QED) is 0.690. The molecule has 6 rings (SSSR count). The van der Waals surface area contributed by atoms with Gasteiger partial charge in [0.1, 0.15) is 11.4 Å². The van der Waals surface area contributed by atoms with E-state index in [-0.39, 0.29) is 24.5 Å². The zero-order chi connectivity index (χ0) is 24.2. The highest BCUT2D eigenvalue weighted by molar-refractivity contribution is 5.95. The van der Waals surface area contributed by atoms with Crippen molar-refractivity contribution in [2.75, 3.05) is 43.0 Å². The molecule has 3 aliphatic heterocycles. The number of pyridine rings is 1. The number of anilines is 2. The number of likely N-dealkylation sites (tertiary alicyclic amines) is 1. The summed E-state index contributed by atoms with van der Waals surface area (Å²) in [6.07, 6.45) is 1.83. The standard InChI is InChI=1S/C25H26N6O4/c26-11-15-2-1-3-17-18(15)10-16(22(17)27)12-30-8-6-25(7-9-30)14-31(24(33)35-25)20-5-4-19-23(28-20)29-21(32)13-34-19/h1-5,16,22H,6-10,12-14,27H2,(H,28,29,32).